The highest BCUT2D eigenvalue weighted by Crippen LogP contribution is 2.44. The van der Waals surface area contributed by atoms with Crippen LogP contribution in [-0.2, 0) is 22.4 Å². The van der Waals surface area contributed by atoms with Gasteiger partial charge in [-0.3, -0.25) is 4.79 Å². The number of esters is 1. The van der Waals surface area contributed by atoms with Crippen LogP contribution in [0.15, 0.2) is 29.2 Å². The molecule has 1 amide bonds. The van der Waals surface area contributed by atoms with Gasteiger partial charge in [-0.1, -0.05) is 32.9 Å². The summed E-state index contributed by atoms with van der Waals surface area (Å²) in [5, 5.41) is 3.58. The van der Waals surface area contributed by atoms with Crippen molar-refractivity contribution in [3.63, 3.8) is 0 Å². The first kappa shape index (κ1) is 22.7. The standard InChI is InChI=1S/C23H30N2O3S2/c1-5-28-22(27)20-15-11-10-14(23(2,3)4)12-18(15)30-21(20)25-19(26)13-29-17-9-7-6-8-16(17)24/h6-9,14H,5,10-13,24H2,1-4H3,(H,25,26)/t14-/m0/s1. The molecule has 3 rings (SSSR count). The van der Waals surface area contributed by atoms with E-state index in [2.05, 4.69) is 26.1 Å². The minimum absolute atomic E-state index is 0.153. The fourth-order valence-electron chi connectivity index (χ4n) is 3.75. The molecule has 3 N–H and O–H groups in total. The molecular weight excluding hydrogens is 416 g/mol. The number of hydrogen-bond donors (Lipinski definition) is 2. The normalized spacial score (nSPS) is 16.1. The number of ether oxygens (including phenoxy) is 1. The Hall–Kier alpha value is -1.99. The molecular formula is C23H30N2O3S2. The SMILES string of the molecule is CCOC(=O)c1c(NC(=O)CSc2ccccc2N)sc2c1CC[C@H](C(C)(C)C)C2. The summed E-state index contributed by atoms with van der Waals surface area (Å²) >= 11 is 2.91. The quantitative estimate of drug-likeness (QED) is 0.353. The Morgan fingerprint density at radius 3 is 2.70 bits per heavy atom. The maximum atomic E-state index is 12.7. The molecule has 0 saturated heterocycles. The number of carbonyl (C=O) groups excluding carboxylic acids is 2. The van der Waals surface area contributed by atoms with Crippen molar-refractivity contribution < 1.29 is 14.3 Å². The van der Waals surface area contributed by atoms with Crippen molar-refractivity contribution in [3.05, 3.63) is 40.3 Å². The lowest BCUT2D eigenvalue weighted by Crippen LogP contribution is -2.26. The Balaban J connectivity index is 1.79. The molecule has 0 fully saturated rings. The van der Waals surface area contributed by atoms with Gasteiger partial charge < -0.3 is 15.8 Å². The highest BCUT2D eigenvalue weighted by molar-refractivity contribution is 8.00. The number of nitrogens with one attached hydrogen (secondary N) is 1. The number of fused-ring (bicyclic) bond motifs is 1. The first-order valence-electron chi connectivity index (χ1n) is 10.3. The summed E-state index contributed by atoms with van der Waals surface area (Å²) in [4.78, 5) is 27.4. The molecule has 1 heterocycles. The fraction of sp³-hybridized carbons (Fsp3) is 0.478. The number of nitrogen functional groups attached to an aromatic ring is 1. The number of benzene rings is 1. The van der Waals surface area contributed by atoms with Crippen molar-refractivity contribution >= 4 is 45.7 Å². The van der Waals surface area contributed by atoms with Gasteiger partial charge in [0.25, 0.3) is 0 Å². The van der Waals surface area contributed by atoms with Crippen LogP contribution in [0.25, 0.3) is 0 Å². The molecule has 7 heteroatoms. The van der Waals surface area contributed by atoms with Crippen LogP contribution in [0.3, 0.4) is 0 Å². The zero-order chi connectivity index (χ0) is 21.9. The van der Waals surface area contributed by atoms with E-state index < -0.39 is 0 Å². The number of para-hydroxylation sites is 1. The Morgan fingerprint density at radius 1 is 1.30 bits per heavy atom. The van der Waals surface area contributed by atoms with Crippen LogP contribution in [-0.4, -0.2) is 24.2 Å². The smallest absolute Gasteiger partial charge is 0.341 e. The highest BCUT2D eigenvalue weighted by atomic mass is 32.2. The van der Waals surface area contributed by atoms with Crippen molar-refractivity contribution in [3.8, 4) is 0 Å². The molecule has 2 aromatic rings. The van der Waals surface area contributed by atoms with Gasteiger partial charge in [0.15, 0.2) is 0 Å². The zero-order valence-corrected chi connectivity index (χ0v) is 19.7. The predicted molar refractivity (Wildman–Crippen MR) is 125 cm³/mol. The molecule has 162 valence electrons. The lowest BCUT2D eigenvalue weighted by Gasteiger charge is -2.33. The van der Waals surface area contributed by atoms with Crippen LogP contribution >= 0.6 is 23.1 Å². The highest BCUT2D eigenvalue weighted by Gasteiger charge is 2.34. The second kappa shape index (κ2) is 9.43. The van der Waals surface area contributed by atoms with Gasteiger partial charge in [-0.05, 0) is 55.2 Å². The zero-order valence-electron chi connectivity index (χ0n) is 18.0. The lowest BCUT2D eigenvalue weighted by molar-refractivity contribution is -0.113. The summed E-state index contributed by atoms with van der Waals surface area (Å²) in [5.41, 5.74) is 8.42. The number of amides is 1. The van der Waals surface area contributed by atoms with Crippen molar-refractivity contribution in [1.29, 1.82) is 0 Å². The maximum Gasteiger partial charge on any atom is 0.341 e. The van der Waals surface area contributed by atoms with E-state index in [1.165, 1.54) is 28.0 Å². The van der Waals surface area contributed by atoms with Gasteiger partial charge in [0, 0.05) is 15.5 Å². The van der Waals surface area contributed by atoms with Crippen LogP contribution in [0.2, 0.25) is 0 Å². The third-order valence-corrected chi connectivity index (χ3v) is 7.76. The van der Waals surface area contributed by atoms with Crippen LogP contribution in [0, 0.1) is 11.3 Å². The molecule has 1 aromatic carbocycles. The number of nitrogens with two attached hydrogens (primary N) is 1. The molecule has 0 aliphatic heterocycles. The van der Waals surface area contributed by atoms with Gasteiger partial charge in [0.2, 0.25) is 5.91 Å². The van der Waals surface area contributed by atoms with Gasteiger partial charge in [-0.15, -0.1) is 23.1 Å². The van der Waals surface area contributed by atoms with Gasteiger partial charge in [0.1, 0.15) is 5.00 Å². The maximum absolute atomic E-state index is 12.7. The minimum Gasteiger partial charge on any atom is -0.462 e. The van der Waals surface area contributed by atoms with Crippen LogP contribution in [0.1, 0.15) is 54.9 Å². The molecule has 1 aliphatic carbocycles. The molecule has 5 nitrogen and oxygen atoms in total. The van der Waals surface area contributed by atoms with E-state index in [1.54, 1.807) is 6.92 Å². The van der Waals surface area contributed by atoms with E-state index in [0.717, 1.165) is 29.7 Å². The third kappa shape index (κ3) is 5.19. The molecule has 0 bridgehead atoms. The Morgan fingerprint density at radius 2 is 2.03 bits per heavy atom. The topological polar surface area (TPSA) is 81.4 Å². The molecule has 1 atom stereocenters. The number of anilines is 2. The summed E-state index contributed by atoms with van der Waals surface area (Å²) in [6, 6.07) is 7.48. The summed E-state index contributed by atoms with van der Waals surface area (Å²) in [5.74, 6) is 0.280. The summed E-state index contributed by atoms with van der Waals surface area (Å²) in [6.07, 6.45) is 2.81. The van der Waals surface area contributed by atoms with Crippen LogP contribution < -0.4 is 11.1 Å². The van der Waals surface area contributed by atoms with E-state index >= 15 is 0 Å². The molecule has 1 aliphatic rings. The van der Waals surface area contributed by atoms with Gasteiger partial charge in [0.05, 0.1) is 17.9 Å². The average Bonchev–Trinajstić information content (AvgIpc) is 3.03. The van der Waals surface area contributed by atoms with Crippen LogP contribution in [0.5, 0.6) is 0 Å². The monoisotopic (exact) mass is 446 g/mol. The molecule has 30 heavy (non-hydrogen) atoms. The van der Waals surface area contributed by atoms with E-state index in [0.29, 0.717) is 28.8 Å². The predicted octanol–water partition coefficient (Wildman–Crippen LogP) is 5.39. The molecule has 1 aromatic heterocycles. The Kier molecular flexibility index (Phi) is 7.14. The van der Waals surface area contributed by atoms with Gasteiger partial charge in [-0.2, -0.15) is 0 Å². The summed E-state index contributed by atoms with van der Waals surface area (Å²) < 4.78 is 5.31. The van der Waals surface area contributed by atoms with Gasteiger partial charge in [-0.25, -0.2) is 4.79 Å². The average molecular weight is 447 g/mol. The number of hydrogen-bond acceptors (Lipinski definition) is 6. The first-order valence-corrected chi connectivity index (χ1v) is 12.1. The molecule has 0 spiro atoms. The van der Waals surface area contributed by atoms with E-state index in [1.807, 2.05) is 24.3 Å². The minimum atomic E-state index is -0.348. The second-order valence-electron chi connectivity index (χ2n) is 8.61. The van der Waals surface area contributed by atoms with Gasteiger partial charge >= 0.3 is 5.97 Å². The summed E-state index contributed by atoms with van der Waals surface area (Å²) in [6.45, 7) is 8.89. The third-order valence-electron chi connectivity index (χ3n) is 5.50. The van der Waals surface area contributed by atoms with E-state index in [-0.39, 0.29) is 23.0 Å². The lowest BCUT2D eigenvalue weighted by atomic mass is 9.72. The first-order chi connectivity index (χ1) is 14.2. The number of carbonyl (C=O) groups is 2. The second-order valence-corrected chi connectivity index (χ2v) is 10.7. The Labute approximate surface area is 186 Å². The fourth-order valence-corrected chi connectivity index (χ4v) is 5.85. The Bertz CT molecular complexity index is 931. The molecule has 0 saturated carbocycles. The van der Waals surface area contributed by atoms with E-state index in [9.17, 15) is 9.59 Å². The molecule has 0 unspecified atom stereocenters. The van der Waals surface area contributed by atoms with E-state index in [4.69, 9.17) is 10.5 Å². The number of thioether (sulfide) groups is 1. The van der Waals surface area contributed by atoms with Crippen molar-refractivity contribution in [1.82, 2.24) is 0 Å². The van der Waals surface area contributed by atoms with Crippen molar-refractivity contribution in [2.24, 2.45) is 11.3 Å². The van der Waals surface area contributed by atoms with Crippen molar-refractivity contribution in [2.75, 3.05) is 23.4 Å². The molecule has 0 radical (unpaired) electrons. The number of rotatable bonds is 6. The largest absolute Gasteiger partial charge is 0.462 e. The van der Waals surface area contributed by atoms with Crippen LogP contribution in [0.4, 0.5) is 10.7 Å². The van der Waals surface area contributed by atoms with Crippen molar-refractivity contribution in [2.45, 2.75) is 51.9 Å². The number of thiophene rings is 1. The summed E-state index contributed by atoms with van der Waals surface area (Å²) in [7, 11) is 0.